The van der Waals surface area contributed by atoms with Crippen LogP contribution in [0.25, 0.3) is 0 Å². The third kappa shape index (κ3) is 5.01. The number of hydrogen-bond acceptors (Lipinski definition) is 4. The van der Waals surface area contributed by atoms with E-state index in [2.05, 4.69) is 10.6 Å². The smallest absolute Gasteiger partial charge is 0.0947 e. The van der Waals surface area contributed by atoms with E-state index in [-0.39, 0.29) is 0 Å². The van der Waals surface area contributed by atoms with Gasteiger partial charge in [0.2, 0.25) is 0 Å². The monoisotopic (exact) mass is 198 g/mol. The normalized spacial score (nSPS) is 10.6. The summed E-state index contributed by atoms with van der Waals surface area (Å²) in [6.07, 6.45) is 3.44. The minimum Gasteiger partial charge on any atom is -0.472 e. The second-order valence-electron chi connectivity index (χ2n) is 3.05. The number of nitrogens with one attached hydrogen (secondary N) is 2. The van der Waals surface area contributed by atoms with Crippen molar-refractivity contribution in [2.24, 2.45) is 0 Å². The number of furan rings is 1. The number of ether oxygens (including phenoxy) is 1. The van der Waals surface area contributed by atoms with E-state index in [1.807, 2.05) is 6.07 Å². The summed E-state index contributed by atoms with van der Waals surface area (Å²) in [7, 11) is 1.71. The first-order valence-electron chi connectivity index (χ1n) is 4.85. The van der Waals surface area contributed by atoms with Crippen LogP contribution in [-0.4, -0.2) is 33.4 Å². The summed E-state index contributed by atoms with van der Waals surface area (Å²) < 4.78 is 9.86. The first-order valence-corrected chi connectivity index (χ1v) is 4.85. The van der Waals surface area contributed by atoms with Crippen LogP contribution in [-0.2, 0) is 11.3 Å². The van der Waals surface area contributed by atoms with Crippen molar-refractivity contribution in [3.05, 3.63) is 24.2 Å². The molecule has 0 atom stereocenters. The summed E-state index contributed by atoms with van der Waals surface area (Å²) in [4.78, 5) is 0. The molecular weight excluding hydrogens is 180 g/mol. The number of methoxy groups -OCH3 is 1. The molecule has 0 saturated carbocycles. The summed E-state index contributed by atoms with van der Waals surface area (Å²) in [5.41, 5.74) is 1.18. The highest BCUT2D eigenvalue weighted by Gasteiger charge is 1.92. The first-order chi connectivity index (χ1) is 6.93. The summed E-state index contributed by atoms with van der Waals surface area (Å²) in [5, 5.41) is 6.56. The molecule has 0 bridgehead atoms. The Balaban J connectivity index is 1.85. The Morgan fingerprint density at radius 3 is 2.86 bits per heavy atom. The lowest BCUT2D eigenvalue weighted by molar-refractivity contribution is 0.199. The maximum Gasteiger partial charge on any atom is 0.0947 e. The quantitative estimate of drug-likeness (QED) is 0.601. The molecule has 1 rings (SSSR count). The SMILES string of the molecule is COCCNCCNCc1ccoc1. The van der Waals surface area contributed by atoms with Gasteiger partial charge in [-0.1, -0.05) is 0 Å². The first kappa shape index (κ1) is 11.2. The van der Waals surface area contributed by atoms with Crippen molar-refractivity contribution in [3.63, 3.8) is 0 Å². The molecule has 0 fully saturated rings. The fraction of sp³-hybridized carbons (Fsp3) is 0.600. The van der Waals surface area contributed by atoms with Crippen molar-refractivity contribution in [2.45, 2.75) is 6.54 Å². The molecule has 0 amide bonds. The van der Waals surface area contributed by atoms with Crippen LogP contribution in [0.3, 0.4) is 0 Å². The molecule has 4 nitrogen and oxygen atoms in total. The Kier molecular flexibility index (Phi) is 6.06. The molecular formula is C10H18N2O2. The number of hydrogen-bond donors (Lipinski definition) is 2. The van der Waals surface area contributed by atoms with Crippen LogP contribution in [0.4, 0.5) is 0 Å². The van der Waals surface area contributed by atoms with E-state index < -0.39 is 0 Å². The predicted molar refractivity (Wildman–Crippen MR) is 55.2 cm³/mol. The van der Waals surface area contributed by atoms with E-state index in [4.69, 9.17) is 9.15 Å². The van der Waals surface area contributed by atoms with E-state index in [0.717, 1.165) is 32.8 Å². The molecule has 1 aromatic rings. The molecule has 0 saturated heterocycles. The van der Waals surface area contributed by atoms with Crippen LogP contribution in [0.1, 0.15) is 5.56 Å². The van der Waals surface area contributed by atoms with Crippen LogP contribution in [0.2, 0.25) is 0 Å². The molecule has 1 aromatic heterocycles. The van der Waals surface area contributed by atoms with Gasteiger partial charge in [0.25, 0.3) is 0 Å². The molecule has 0 aliphatic carbocycles. The van der Waals surface area contributed by atoms with E-state index in [9.17, 15) is 0 Å². The second-order valence-corrected chi connectivity index (χ2v) is 3.05. The zero-order valence-corrected chi connectivity index (χ0v) is 8.58. The second kappa shape index (κ2) is 7.55. The maximum atomic E-state index is 4.95. The average Bonchev–Trinajstić information content (AvgIpc) is 2.69. The van der Waals surface area contributed by atoms with E-state index in [0.29, 0.717) is 0 Å². The Labute approximate surface area is 84.6 Å². The summed E-state index contributed by atoms with van der Waals surface area (Å²) in [6.45, 7) is 4.45. The van der Waals surface area contributed by atoms with Gasteiger partial charge in [0.05, 0.1) is 19.1 Å². The van der Waals surface area contributed by atoms with Gasteiger partial charge in [-0.25, -0.2) is 0 Å². The minimum absolute atomic E-state index is 0.766. The third-order valence-electron chi connectivity index (χ3n) is 1.87. The molecule has 0 aliphatic heterocycles. The van der Waals surface area contributed by atoms with Crippen molar-refractivity contribution in [2.75, 3.05) is 33.4 Å². The Morgan fingerprint density at radius 2 is 2.14 bits per heavy atom. The Morgan fingerprint density at radius 1 is 1.29 bits per heavy atom. The molecule has 0 radical (unpaired) electrons. The largest absolute Gasteiger partial charge is 0.472 e. The molecule has 1 heterocycles. The van der Waals surface area contributed by atoms with E-state index in [1.165, 1.54) is 5.56 Å². The van der Waals surface area contributed by atoms with Crippen LogP contribution >= 0.6 is 0 Å². The van der Waals surface area contributed by atoms with Crippen molar-refractivity contribution < 1.29 is 9.15 Å². The van der Waals surface area contributed by atoms with Crippen molar-refractivity contribution in [3.8, 4) is 0 Å². The highest BCUT2D eigenvalue weighted by Crippen LogP contribution is 1.97. The van der Waals surface area contributed by atoms with Crippen LogP contribution in [0.15, 0.2) is 23.0 Å². The summed E-state index contributed by atoms with van der Waals surface area (Å²) in [6, 6.07) is 1.96. The molecule has 0 unspecified atom stereocenters. The van der Waals surface area contributed by atoms with E-state index in [1.54, 1.807) is 19.6 Å². The molecule has 80 valence electrons. The predicted octanol–water partition coefficient (Wildman–Crippen LogP) is 0.605. The lowest BCUT2D eigenvalue weighted by Crippen LogP contribution is -2.29. The highest BCUT2D eigenvalue weighted by molar-refractivity contribution is 5.04. The fourth-order valence-electron chi connectivity index (χ4n) is 1.10. The van der Waals surface area contributed by atoms with Gasteiger partial charge in [0, 0.05) is 38.9 Å². The lowest BCUT2D eigenvalue weighted by Gasteiger charge is -2.04. The van der Waals surface area contributed by atoms with Crippen molar-refractivity contribution >= 4 is 0 Å². The van der Waals surface area contributed by atoms with Gasteiger partial charge in [-0.3, -0.25) is 0 Å². The van der Waals surface area contributed by atoms with Gasteiger partial charge in [-0.05, 0) is 6.07 Å². The average molecular weight is 198 g/mol. The van der Waals surface area contributed by atoms with Gasteiger partial charge in [0.15, 0.2) is 0 Å². The molecule has 14 heavy (non-hydrogen) atoms. The topological polar surface area (TPSA) is 46.4 Å². The van der Waals surface area contributed by atoms with Gasteiger partial charge in [-0.15, -0.1) is 0 Å². The highest BCUT2D eigenvalue weighted by atomic mass is 16.5. The summed E-state index contributed by atoms with van der Waals surface area (Å²) >= 11 is 0. The van der Waals surface area contributed by atoms with Gasteiger partial charge >= 0.3 is 0 Å². The summed E-state index contributed by atoms with van der Waals surface area (Å²) in [5.74, 6) is 0. The molecule has 2 N–H and O–H groups in total. The lowest BCUT2D eigenvalue weighted by atomic mass is 10.3. The number of rotatable bonds is 8. The van der Waals surface area contributed by atoms with Gasteiger partial charge in [0.1, 0.15) is 0 Å². The zero-order chi connectivity index (χ0) is 10.1. The molecule has 0 spiro atoms. The zero-order valence-electron chi connectivity index (χ0n) is 8.58. The van der Waals surface area contributed by atoms with Gasteiger partial charge < -0.3 is 19.8 Å². The molecule has 0 aliphatic rings. The van der Waals surface area contributed by atoms with Crippen LogP contribution in [0, 0.1) is 0 Å². The Hall–Kier alpha value is -0.840. The minimum atomic E-state index is 0.766. The molecule has 4 heteroatoms. The third-order valence-corrected chi connectivity index (χ3v) is 1.87. The van der Waals surface area contributed by atoms with E-state index >= 15 is 0 Å². The molecule has 0 aromatic carbocycles. The van der Waals surface area contributed by atoms with Gasteiger partial charge in [-0.2, -0.15) is 0 Å². The van der Waals surface area contributed by atoms with Crippen molar-refractivity contribution in [1.82, 2.24) is 10.6 Å². The Bertz CT molecular complexity index is 212. The van der Waals surface area contributed by atoms with Crippen LogP contribution in [0.5, 0.6) is 0 Å². The van der Waals surface area contributed by atoms with Crippen molar-refractivity contribution in [1.29, 1.82) is 0 Å². The fourth-order valence-corrected chi connectivity index (χ4v) is 1.10. The standard InChI is InChI=1S/C10H18N2O2/c1-13-7-5-11-3-4-12-8-10-2-6-14-9-10/h2,6,9,11-12H,3-5,7-8H2,1H3. The maximum absolute atomic E-state index is 4.95. The van der Waals surface area contributed by atoms with Crippen LogP contribution < -0.4 is 10.6 Å².